The van der Waals surface area contributed by atoms with Crippen molar-refractivity contribution in [1.82, 2.24) is 19.4 Å². The Labute approximate surface area is 183 Å². The monoisotopic (exact) mass is 449 g/mol. The van der Waals surface area contributed by atoms with Crippen LogP contribution in [-0.2, 0) is 10.3 Å². The first-order chi connectivity index (χ1) is 15.3. The minimum absolute atomic E-state index is 0.0705. The van der Waals surface area contributed by atoms with Gasteiger partial charge in [-0.1, -0.05) is 6.42 Å². The van der Waals surface area contributed by atoms with Crippen LogP contribution in [0.3, 0.4) is 0 Å². The summed E-state index contributed by atoms with van der Waals surface area (Å²) in [6, 6.07) is 1.28. The molecule has 0 radical (unpaired) electrons. The molecule has 2 bridgehead atoms. The standard InChI is InChI=1S/C22H26F3N5O2/c23-22(24,25)32-17-8-15(9-27-18(17)26)16-10-30(19(28-16)14-2-1-3-14)21-11-20(12-21,13-21)29-4-6-31-7-5-29/h8-10,14H,1-7,11-13H2,(H2,26,27). The van der Waals surface area contributed by atoms with E-state index in [2.05, 4.69) is 19.2 Å². The molecule has 7 rings (SSSR count). The van der Waals surface area contributed by atoms with Gasteiger partial charge in [0.1, 0.15) is 5.82 Å². The number of rotatable bonds is 5. The molecule has 172 valence electrons. The van der Waals surface area contributed by atoms with Crippen LogP contribution < -0.4 is 10.5 Å². The summed E-state index contributed by atoms with van der Waals surface area (Å²) < 4.78 is 50.2. The van der Waals surface area contributed by atoms with Crippen LogP contribution in [-0.4, -0.2) is 57.6 Å². The van der Waals surface area contributed by atoms with E-state index in [4.69, 9.17) is 15.5 Å². The third-order valence-electron chi connectivity index (χ3n) is 7.77. The minimum Gasteiger partial charge on any atom is -0.402 e. The maximum atomic E-state index is 12.8. The quantitative estimate of drug-likeness (QED) is 0.751. The number of ether oxygens (including phenoxy) is 2. The van der Waals surface area contributed by atoms with Crippen molar-refractivity contribution in [2.75, 3.05) is 32.0 Å². The first-order valence-corrected chi connectivity index (χ1v) is 11.2. The molecule has 0 atom stereocenters. The second-order valence-corrected chi connectivity index (χ2v) is 9.72. The Morgan fingerprint density at radius 2 is 1.84 bits per heavy atom. The lowest BCUT2D eigenvalue weighted by molar-refractivity contribution is -0.274. The number of pyridine rings is 1. The summed E-state index contributed by atoms with van der Waals surface area (Å²) >= 11 is 0. The SMILES string of the molecule is Nc1ncc(-c2cn(C34CC(N5CCOCC5)(C3)C4)c(C3CCC3)n2)cc1OC(F)(F)F. The van der Waals surface area contributed by atoms with Gasteiger partial charge >= 0.3 is 6.36 Å². The van der Waals surface area contributed by atoms with Crippen LogP contribution in [0, 0.1) is 0 Å². The van der Waals surface area contributed by atoms with Crippen molar-refractivity contribution in [3.05, 3.63) is 24.3 Å². The molecule has 0 amide bonds. The number of alkyl halides is 3. The molecule has 7 nitrogen and oxygen atoms in total. The van der Waals surface area contributed by atoms with Crippen LogP contribution in [0.15, 0.2) is 18.5 Å². The number of hydrogen-bond acceptors (Lipinski definition) is 6. The van der Waals surface area contributed by atoms with Gasteiger partial charge in [0.05, 0.1) is 24.4 Å². The molecule has 2 aromatic rings. The predicted molar refractivity (Wildman–Crippen MR) is 110 cm³/mol. The molecule has 5 fully saturated rings. The molecule has 2 aromatic heterocycles. The fourth-order valence-corrected chi connectivity index (χ4v) is 5.98. The summed E-state index contributed by atoms with van der Waals surface area (Å²) in [5, 5.41) is 0. The van der Waals surface area contributed by atoms with Gasteiger partial charge in [0, 0.05) is 42.5 Å². The number of nitrogens with zero attached hydrogens (tertiary/aromatic N) is 4. The van der Waals surface area contributed by atoms with E-state index < -0.39 is 12.1 Å². The lowest BCUT2D eigenvalue weighted by Gasteiger charge is -2.74. The molecule has 0 unspecified atom stereocenters. The van der Waals surface area contributed by atoms with Gasteiger partial charge in [-0.2, -0.15) is 0 Å². The second kappa shape index (κ2) is 6.84. The van der Waals surface area contributed by atoms with Crippen molar-refractivity contribution in [3.8, 4) is 17.0 Å². The van der Waals surface area contributed by atoms with Crippen LogP contribution in [0.25, 0.3) is 11.3 Å². The predicted octanol–water partition coefficient (Wildman–Crippen LogP) is 3.66. The average Bonchev–Trinajstić information content (AvgIpc) is 3.04. The van der Waals surface area contributed by atoms with Gasteiger partial charge in [0.2, 0.25) is 0 Å². The highest BCUT2D eigenvalue weighted by molar-refractivity contribution is 5.64. The molecule has 1 saturated heterocycles. The van der Waals surface area contributed by atoms with E-state index in [1.54, 1.807) is 0 Å². The molecule has 0 aromatic carbocycles. The van der Waals surface area contributed by atoms with Crippen molar-refractivity contribution in [2.24, 2.45) is 0 Å². The summed E-state index contributed by atoms with van der Waals surface area (Å²) in [5.74, 6) is 0.671. The number of nitrogens with two attached hydrogens (primary N) is 1. The van der Waals surface area contributed by atoms with Crippen molar-refractivity contribution in [2.45, 2.75) is 61.9 Å². The van der Waals surface area contributed by atoms with Gasteiger partial charge in [0.15, 0.2) is 11.6 Å². The zero-order valence-corrected chi connectivity index (χ0v) is 17.7. The van der Waals surface area contributed by atoms with Gasteiger partial charge in [-0.3, -0.25) is 4.90 Å². The third-order valence-corrected chi connectivity index (χ3v) is 7.77. The first-order valence-electron chi connectivity index (χ1n) is 11.2. The third kappa shape index (κ3) is 3.10. The summed E-state index contributed by atoms with van der Waals surface area (Å²) in [4.78, 5) is 11.4. The number of imidazole rings is 1. The number of morpholine rings is 1. The molecule has 3 heterocycles. The van der Waals surface area contributed by atoms with E-state index in [9.17, 15) is 13.2 Å². The fourth-order valence-electron chi connectivity index (χ4n) is 5.98. The maximum Gasteiger partial charge on any atom is 0.573 e. The Bertz CT molecular complexity index is 1020. The van der Waals surface area contributed by atoms with Crippen LogP contribution in [0.4, 0.5) is 19.0 Å². The smallest absolute Gasteiger partial charge is 0.402 e. The van der Waals surface area contributed by atoms with Gasteiger partial charge in [-0.05, 0) is 38.2 Å². The number of halogens is 3. The minimum atomic E-state index is -4.83. The highest BCUT2D eigenvalue weighted by atomic mass is 19.4. The normalized spacial score (nSPS) is 30.3. The summed E-state index contributed by atoms with van der Waals surface area (Å²) in [6.45, 7) is 3.56. The Morgan fingerprint density at radius 1 is 1.12 bits per heavy atom. The van der Waals surface area contributed by atoms with E-state index >= 15 is 0 Å². The van der Waals surface area contributed by atoms with Crippen LogP contribution in [0.5, 0.6) is 5.75 Å². The molecule has 10 heteroatoms. The molecule has 2 N–H and O–H groups in total. The first kappa shape index (κ1) is 20.3. The molecule has 32 heavy (non-hydrogen) atoms. The molecule has 1 aliphatic heterocycles. The average molecular weight is 449 g/mol. The van der Waals surface area contributed by atoms with Crippen molar-refractivity contribution >= 4 is 5.82 Å². The Hall–Kier alpha value is -2.33. The van der Waals surface area contributed by atoms with Gasteiger partial charge in [-0.15, -0.1) is 13.2 Å². The largest absolute Gasteiger partial charge is 0.573 e. The highest BCUT2D eigenvalue weighted by Crippen LogP contribution is 2.68. The van der Waals surface area contributed by atoms with Gasteiger partial charge in [0.25, 0.3) is 0 Å². The van der Waals surface area contributed by atoms with E-state index in [1.807, 2.05) is 6.20 Å². The van der Waals surface area contributed by atoms with Crippen molar-refractivity contribution in [3.63, 3.8) is 0 Å². The number of nitrogen functional groups attached to an aromatic ring is 1. The van der Waals surface area contributed by atoms with Crippen LogP contribution >= 0.6 is 0 Å². The molecule has 0 spiro atoms. The van der Waals surface area contributed by atoms with E-state index in [-0.39, 0.29) is 16.9 Å². The lowest BCUT2D eigenvalue weighted by Crippen LogP contribution is -2.79. The van der Waals surface area contributed by atoms with E-state index in [0.29, 0.717) is 17.2 Å². The second-order valence-electron chi connectivity index (χ2n) is 9.72. The fraction of sp³-hybridized carbons (Fsp3) is 0.636. The van der Waals surface area contributed by atoms with Gasteiger partial charge in [-0.25, -0.2) is 9.97 Å². The Morgan fingerprint density at radius 3 is 2.47 bits per heavy atom. The molecule has 4 saturated carbocycles. The number of anilines is 1. The van der Waals surface area contributed by atoms with Crippen molar-refractivity contribution < 1.29 is 22.6 Å². The summed E-state index contributed by atoms with van der Waals surface area (Å²) in [7, 11) is 0. The molecule has 4 aliphatic carbocycles. The van der Waals surface area contributed by atoms with Crippen molar-refractivity contribution in [1.29, 1.82) is 0 Å². The van der Waals surface area contributed by atoms with E-state index in [1.165, 1.54) is 18.7 Å². The molecular weight excluding hydrogens is 423 g/mol. The van der Waals surface area contributed by atoms with E-state index in [0.717, 1.165) is 64.2 Å². The Kier molecular flexibility index (Phi) is 4.33. The topological polar surface area (TPSA) is 78.4 Å². The van der Waals surface area contributed by atoms with Crippen LogP contribution in [0.1, 0.15) is 50.3 Å². The highest BCUT2D eigenvalue weighted by Gasteiger charge is 2.71. The maximum absolute atomic E-state index is 12.8. The lowest BCUT2D eigenvalue weighted by atomic mass is 9.43. The summed E-state index contributed by atoms with van der Waals surface area (Å²) in [5.41, 5.74) is 7.06. The molecular formula is C22H26F3N5O2. The zero-order valence-electron chi connectivity index (χ0n) is 17.7. The number of aromatic nitrogens is 3. The number of hydrogen-bond donors (Lipinski definition) is 1. The zero-order chi connectivity index (χ0) is 22.1. The summed E-state index contributed by atoms with van der Waals surface area (Å²) in [6.07, 6.45) is 5.31. The van der Waals surface area contributed by atoms with Crippen LogP contribution in [0.2, 0.25) is 0 Å². The Balaban J connectivity index is 1.30. The van der Waals surface area contributed by atoms with Gasteiger partial charge < -0.3 is 19.8 Å². The molecule has 5 aliphatic rings.